The Kier molecular flexibility index (Phi) is 5.54. The molecule has 114 valence electrons. The number of phenols is 1. The standard InChI is InChI=1S/C17H18N2O3/c1-2-13-5-9-16(10-6-13)22-12-17(21)19-18-11-14-3-7-15(20)8-4-14/h3-11,20H,2,12H2,1H3,(H,19,21)/b18-11+. The Bertz CT molecular complexity index is 634. The molecule has 0 spiro atoms. The van der Waals surface area contributed by atoms with Crippen molar-refractivity contribution in [2.45, 2.75) is 13.3 Å². The highest BCUT2D eigenvalue weighted by atomic mass is 16.5. The number of aromatic hydroxyl groups is 1. The Balaban J connectivity index is 1.76. The van der Waals surface area contributed by atoms with Gasteiger partial charge in [-0.1, -0.05) is 19.1 Å². The predicted molar refractivity (Wildman–Crippen MR) is 85.2 cm³/mol. The van der Waals surface area contributed by atoms with Crippen molar-refractivity contribution in [2.24, 2.45) is 5.10 Å². The molecular formula is C17H18N2O3. The lowest BCUT2D eigenvalue weighted by atomic mass is 10.2. The summed E-state index contributed by atoms with van der Waals surface area (Å²) in [6.45, 7) is 1.98. The number of hydrogen-bond donors (Lipinski definition) is 2. The summed E-state index contributed by atoms with van der Waals surface area (Å²) < 4.78 is 5.37. The van der Waals surface area contributed by atoms with E-state index >= 15 is 0 Å². The second-order valence-electron chi connectivity index (χ2n) is 4.67. The summed E-state index contributed by atoms with van der Waals surface area (Å²) in [5.74, 6) is 0.494. The minimum absolute atomic E-state index is 0.0988. The normalized spacial score (nSPS) is 10.6. The Morgan fingerprint density at radius 3 is 2.50 bits per heavy atom. The molecule has 0 bridgehead atoms. The minimum Gasteiger partial charge on any atom is -0.508 e. The molecule has 2 rings (SSSR count). The first-order chi connectivity index (χ1) is 10.7. The van der Waals surface area contributed by atoms with Crippen LogP contribution in [0.15, 0.2) is 53.6 Å². The van der Waals surface area contributed by atoms with Gasteiger partial charge < -0.3 is 9.84 Å². The van der Waals surface area contributed by atoms with E-state index < -0.39 is 0 Å². The maximum atomic E-state index is 11.6. The van der Waals surface area contributed by atoms with Crippen molar-refractivity contribution in [3.63, 3.8) is 0 Å². The van der Waals surface area contributed by atoms with Crippen LogP contribution in [0.2, 0.25) is 0 Å². The van der Waals surface area contributed by atoms with Crippen molar-refractivity contribution in [3.05, 3.63) is 59.7 Å². The van der Waals surface area contributed by atoms with Crippen molar-refractivity contribution < 1.29 is 14.6 Å². The molecule has 1 amide bonds. The molecule has 0 aliphatic rings. The van der Waals surface area contributed by atoms with E-state index in [1.165, 1.54) is 11.8 Å². The SMILES string of the molecule is CCc1ccc(OCC(=O)N/N=C/c2ccc(O)cc2)cc1. The molecule has 0 heterocycles. The van der Waals surface area contributed by atoms with Gasteiger partial charge in [-0.05, 0) is 53.9 Å². The van der Waals surface area contributed by atoms with Crippen LogP contribution in [0.1, 0.15) is 18.1 Å². The lowest BCUT2D eigenvalue weighted by Gasteiger charge is -2.05. The number of nitrogens with zero attached hydrogens (tertiary/aromatic N) is 1. The van der Waals surface area contributed by atoms with Gasteiger partial charge in [-0.3, -0.25) is 4.79 Å². The molecule has 2 aromatic rings. The molecule has 2 aromatic carbocycles. The van der Waals surface area contributed by atoms with E-state index in [9.17, 15) is 4.79 Å². The van der Waals surface area contributed by atoms with Crippen LogP contribution < -0.4 is 10.2 Å². The second kappa shape index (κ2) is 7.83. The number of rotatable bonds is 6. The van der Waals surface area contributed by atoms with Gasteiger partial charge in [0.25, 0.3) is 5.91 Å². The smallest absolute Gasteiger partial charge is 0.277 e. The fourth-order valence-electron chi connectivity index (χ4n) is 1.74. The van der Waals surface area contributed by atoms with Crippen LogP contribution in [0, 0.1) is 0 Å². The first kappa shape index (κ1) is 15.6. The fraction of sp³-hybridized carbons (Fsp3) is 0.176. The van der Waals surface area contributed by atoms with E-state index in [-0.39, 0.29) is 18.3 Å². The van der Waals surface area contributed by atoms with Gasteiger partial charge in [0.2, 0.25) is 0 Å². The summed E-state index contributed by atoms with van der Waals surface area (Å²) in [5.41, 5.74) is 4.37. The Morgan fingerprint density at radius 1 is 1.18 bits per heavy atom. The Hall–Kier alpha value is -2.82. The fourth-order valence-corrected chi connectivity index (χ4v) is 1.74. The van der Waals surface area contributed by atoms with Crippen molar-refractivity contribution in [1.29, 1.82) is 0 Å². The van der Waals surface area contributed by atoms with Crippen molar-refractivity contribution in [1.82, 2.24) is 5.43 Å². The molecule has 0 atom stereocenters. The van der Waals surface area contributed by atoms with Gasteiger partial charge in [0.05, 0.1) is 6.21 Å². The number of hydrogen-bond acceptors (Lipinski definition) is 4. The zero-order valence-corrected chi connectivity index (χ0v) is 12.3. The maximum absolute atomic E-state index is 11.6. The van der Waals surface area contributed by atoms with Crippen LogP contribution in [-0.4, -0.2) is 23.8 Å². The molecule has 0 radical (unpaired) electrons. The van der Waals surface area contributed by atoms with Gasteiger partial charge in [-0.25, -0.2) is 5.43 Å². The summed E-state index contributed by atoms with van der Waals surface area (Å²) >= 11 is 0. The first-order valence-electron chi connectivity index (χ1n) is 7.00. The van der Waals surface area contributed by atoms with Gasteiger partial charge in [0.15, 0.2) is 6.61 Å². The zero-order chi connectivity index (χ0) is 15.8. The van der Waals surface area contributed by atoms with Gasteiger partial charge in [0.1, 0.15) is 11.5 Å². The summed E-state index contributed by atoms with van der Waals surface area (Å²) in [6, 6.07) is 14.1. The van der Waals surface area contributed by atoms with Crippen LogP contribution in [0.4, 0.5) is 0 Å². The van der Waals surface area contributed by atoms with E-state index in [0.717, 1.165) is 12.0 Å². The molecule has 0 saturated carbocycles. The summed E-state index contributed by atoms with van der Waals surface area (Å²) in [7, 11) is 0. The monoisotopic (exact) mass is 298 g/mol. The zero-order valence-electron chi connectivity index (χ0n) is 12.3. The number of ether oxygens (including phenoxy) is 1. The molecule has 0 unspecified atom stereocenters. The molecule has 5 heteroatoms. The van der Waals surface area contributed by atoms with Crippen molar-refractivity contribution in [2.75, 3.05) is 6.61 Å². The third-order valence-corrected chi connectivity index (χ3v) is 3.00. The average molecular weight is 298 g/mol. The summed E-state index contributed by atoms with van der Waals surface area (Å²) in [4.78, 5) is 11.6. The second-order valence-corrected chi connectivity index (χ2v) is 4.67. The van der Waals surface area contributed by atoms with Gasteiger partial charge in [-0.2, -0.15) is 5.10 Å². The van der Waals surface area contributed by atoms with Crippen LogP contribution in [0.3, 0.4) is 0 Å². The number of aryl methyl sites for hydroxylation is 1. The van der Waals surface area contributed by atoms with E-state index in [1.54, 1.807) is 24.3 Å². The average Bonchev–Trinajstić information content (AvgIpc) is 2.55. The molecule has 2 N–H and O–H groups in total. The minimum atomic E-state index is -0.338. The number of carbonyl (C=O) groups is 1. The Morgan fingerprint density at radius 2 is 1.86 bits per heavy atom. The molecule has 0 saturated heterocycles. The van der Waals surface area contributed by atoms with Crippen LogP contribution in [0.25, 0.3) is 0 Å². The Labute approximate surface area is 129 Å². The van der Waals surface area contributed by atoms with Gasteiger partial charge >= 0.3 is 0 Å². The number of benzene rings is 2. The van der Waals surface area contributed by atoms with E-state index in [1.807, 2.05) is 24.3 Å². The molecule has 0 aliphatic carbocycles. The van der Waals surface area contributed by atoms with E-state index in [4.69, 9.17) is 9.84 Å². The van der Waals surface area contributed by atoms with Crippen LogP contribution in [0.5, 0.6) is 11.5 Å². The highest BCUT2D eigenvalue weighted by molar-refractivity contribution is 5.83. The van der Waals surface area contributed by atoms with E-state index in [2.05, 4.69) is 17.5 Å². The van der Waals surface area contributed by atoms with E-state index in [0.29, 0.717) is 5.75 Å². The number of nitrogens with one attached hydrogen (secondary N) is 1. The summed E-state index contributed by atoms with van der Waals surface area (Å²) in [6.07, 6.45) is 2.46. The summed E-state index contributed by atoms with van der Waals surface area (Å²) in [5, 5.41) is 13.0. The third-order valence-electron chi connectivity index (χ3n) is 3.00. The molecule has 5 nitrogen and oxygen atoms in total. The highest BCUT2D eigenvalue weighted by Gasteiger charge is 2.01. The predicted octanol–water partition coefficient (Wildman–Crippen LogP) is 2.48. The molecule has 0 fully saturated rings. The van der Waals surface area contributed by atoms with Crippen molar-refractivity contribution in [3.8, 4) is 11.5 Å². The number of amides is 1. The quantitative estimate of drug-likeness (QED) is 0.636. The topological polar surface area (TPSA) is 70.9 Å². The number of phenolic OH excluding ortho intramolecular Hbond substituents is 1. The molecule has 22 heavy (non-hydrogen) atoms. The maximum Gasteiger partial charge on any atom is 0.277 e. The van der Waals surface area contributed by atoms with Crippen LogP contribution >= 0.6 is 0 Å². The lowest BCUT2D eigenvalue weighted by molar-refractivity contribution is -0.123. The largest absolute Gasteiger partial charge is 0.508 e. The third kappa shape index (κ3) is 4.94. The molecule has 0 aliphatic heterocycles. The van der Waals surface area contributed by atoms with Gasteiger partial charge in [0, 0.05) is 0 Å². The highest BCUT2D eigenvalue weighted by Crippen LogP contribution is 2.12. The first-order valence-corrected chi connectivity index (χ1v) is 7.00. The molecule has 0 aromatic heterocycles. The molecular weight excluding hydrogens is 280 g/mol. The van der Waals surface area contributed by atoms with Crippen molar-refractivity contribution >= 4 is 12.1 Å². The number of hydrazone groups is 1. The number of carbonyl (C=O) groups excluding carboxylic acids is 1. The lowest BCUT2D eigenvalue weighted by Crippen LogP contribution is -2.24. The van der Waals surface area contributed by atoms with Gasteiger partial charge in [-0.15, -0.1) is 0 Å². The van der Waals surface area contributed by atoms with Crippen LogP contribution in [-0.2, 0) is 11.2 Å².